The fraction of sp³-hybridized carbons (Fsp3) is 0.667. The van der Waals surface area contributed by atoms with Crippen molar-refractivity contribution in [3.63, 3.8) is 0 Å². The quantitative estimate of drug-likeness (QED) is 0.839. The van der Waals surface area contributed by atoms with Crippen LogP contribution in [0.5, 0.6) is 0 Å². The van der Waals surface area contributed by atoms with Crippen LogP contribution in [0.1, 0.15) is 43.4 Å². The van der Waals surface area contributed by atoms with Crippen molar-refractivity contribution in [1.82, 2.24) is 4.90 Å². The van der Waals surface area contributed by atoms with Crippen molar-refractivity contribution in [2.24, 2.45) is 11.7 Å². The number of ether oxygens (including phenoxy) is 1. The van der Waals surface area contributed by atoms with Crippen molar-refractivity contribution in [1.29, 1.82) is 0 Å². The molecule has 21 heavy (non-hydrogen) atoms. The Hall–Kier alpha value is -0.900. The molecule has 2 rings (SSSR count). The van der Waals surface area contributed by atoms with E-state index in [1.807, 2.05) is 0 Å². The zero-order chi connectivity index (χ0) is 15.1. The number of nitrogens with two attached hydrogens (primary N) is 1. The van der Waals surface area contributed by atoms with Crippen molar-refractivity contribution >= 4 is 0 Å². The fourth-order valence-electron chi connectivity index (χ4n) is 3.13. The first-order chi connectivity index (χ1) is 10.2. The topological polar surface area (TPSA) is 38.5 Å². The highest BCUT2D eigenvalue weighted by Gasteiger charge is 2.17. The molecule has 0 saturated carbocycles. The van der Waals surface area contributed by atoms with E-state index < -0.39 is 0 Å². The second-order valence-electron chi connectivity index (χ2n) is 6.40. The molecular weight excluding hydrogens is 260 g/mol. The van der Waals surface area contributed by atoms with Gasteiger partial charge in [-0.3, -0.25) is 0 Å². The number of hydrogen-bond donors (Lipinski definition) is 1. The number of aryl methyl sites for hydroxylation is 1. The van der Waals surface area contributed by atoms with Gasteiger partial charge in [-0.1, -0.05) is 37.6 Å². The Bertz CT molecular complexity index is 398. The van der Waals surface area contributed by atoms with E-state index in [0.717, 1.165) is 32.7 Å². The van der Waals surface area contributed by atoms with Gasteiger partial charge < -0.3 is 15.4 Å². The van der Waals surface area contributed by atoms with Gasteiger partial charge in [0.2, 0.25) is 0 Å². The van der Waals surface area contributed by atoms with Crippen molar-refractivity contribution in [2.75, 3.05) is 33.4 Å². The lowest BCUT2D eigenvalue weighted by atomic mass is 10.0. The van der Waals surface area contributed by atoms with Crippen LogP contribution in [0, 0.1) is 5.92 Å². The third-order valence-corrected chi connectivity index (χ3v) is 4.28. The molecular formula is C18H30N2O. The normalized spacial score (nSPS) is 20.7. The van der Waals surface area contributed by atoms with Gasteiger partial charge in [-0.05, 0) is 43.4 Å². The van der Waals surface area contributed by atoms with Crippen LogP contribution in [0.3, 0.4) is 0 Å². The summed E-state index contributed by atoms with van der Waals surface area (Å²) in [7, 11) is 2.17. The molecule has 1 heterocycles. The summed E-state index contributed by atoms with van der Waals surface area (Å²) >= 11 is 0. The Balaban J connectivity index is 1.80. The van der Waals surface area contributed by atoms with Crippen LogP contribution in [0.2, 0.25) is 0 Å². The highest BCUT2D eigenvalue weighted by atomic mass is 16.5. The molecule has 0 radical (unpaired) electrons. The van der Waals surface area contributed by atoms with E-state index in [1.54, 1.807) is 0 Å². The maximum Gasteiger partial charge on any atom is 0.0506 e. The summed E-state index contributed by atoms with van der Waals surface area (Å²) in [6, 6.07) is 8.90. The van der Waals surface area contributed by atoms with Crippen molar-refractivity contribution < 1.29 is 4.74 Å². The summed E-state index contributed by atoms with van der Waals surface area (Å²) in [5.41, 5.74) is 8.99. The number of hydrogen-bond acceptors (Lipinski definition) is 3. The lowest BCUT2D eigenvalue weighted by molar-refractivity contribution is 0.0414. The van der Waals surface area contributed by atoms with E-state index in [0.29, 0.717) is 5.92 Å². The van der Waals surface area contributed by atoms with Crippen LogP contribution in [0.4, 0.5) is 0 Å². The Kier molecular flexibility index (Phi) is 6.68. The van der Waals surface area contributed by atoms with E-state index in [-0.39, 0.29) is 6.04 Å². The van der Waals surface area contributed by atoms with E-state index in [4.69, 9.17) is 10.5 Å². The largest absolute Gasteiger partial charge is 0.381 e. The maximum atomic E-state index is 6.35. The molecule has 1 aliphatic rings. The Labute approximate surface area is 129 Å². The first-order valence-corrected chi connectivity index (χ1v) is 8.29. The molecule has 2 unspecified atom stereocenters. The monoisotopic (exact) mass is 290 g/mol. The minimum Gasteiger partial charge on any atom is -0.381 e. The third-order valence-electron chi connectivity index (χ3n) is 4.28. The molecule has 0 aromatic heterocycles. The van der Waals surface area contributed by atoms with Crippen LogP contribution < -0.4 is 5.73 Å². The summed E-state index contributed by atoms with van der Waals surface area (Å²) in [6.45, 7) is 6.05. The van der Waals surface area contributed by atoms with Gasteiger partial charge in [-0.15, -0.1) is 0 Å². The molecule has 1 fully saturated rings. The molecule has 2 N–H and O–H groups in total. The molecule has 1 aromatic rings. The van der Waals surface area contributed by atoms with Crippen molar-refractivity contribution in [3.8, 4) is 0 Å². The number of nitrogens with zero attached hydrogens (tertiary/aromatic N) is 1. The fourth-order valence-corrected chi connectivity index (χ4v) is 3.13. The lowest BCUT2D eigenvalue weighted by Crippen LogP contribution is -2.35. The Morgan fingerprint density at radius 3 is 2.71 bits per heavy atom. The second kappa shape index (κ2) is 8.52. The van der Waals surface area contributed by atoms with Crippen LogP contribution in [-0.4, -0.2) is 38.3 Å². The van der Waals surface area contributed by atoms with Gasteiger partial charge in [0.1, 0.15) is 0 Å². The van der Waals surface area contributed by atoms with Crippen molar-refractivity contribution in [2.45, 2.75) is 38.6 Å². The zero-order valence-corrected chi connectivity index (χ0v) is 13.6. The lowest BCUT2D eigenvalue weighted by Gasteiger charge is -2.28. The molecule has 0 aliphatic carbocycles. The molecule has 0 spiro atoms. The first kappa shape index (κ1) is 16.5. The molecule has 2 atom stereocenters. The summed E-state index contributed by atoms with van der Waals surface area (Å²) in [4.78, 5) is 2.35. The van der Waals surface area contributed by atoms with Gasteiger partial charge in [0.15, 0.2) is 0 Å². The van der Waals surface area contributed by atoms with Crippen LogP contribution in [0.15, 0.2) is 24.3 Å². The second-order valence-corrected chi connectivity index (χ2v) is 6.40. The molecule has 3 nitrogen and oxygen atoms in total. The number of benzene rings is 1. The van der Waals surface area contributed by atoms with Gasteiger partial charge in [0.25, 0.3) is 0 Å². The van der Waals surface area contributed by atoms with Crippen LogP contribution in [0.25, 0.3) is 0 Å². The average molecular weight is 290 g/mol. The predicted molar refractivity (Wildman–Crippen MR) is 88.4 cm³/mol. The van der Waals surface area contributed by atoms with E-state index >= 15 is 0 Å². The van der Waals surface area contributed by atoms with Gasteiger partial charge in [-0.25, -0.2) is 0 Å². The third kappa shape index (κ3) is 5.42. The number of rotatable bonds is 7. The molecule has 0 amide bonds. The predicted octanol–water partition coefficient (Wildman–Crippen LogP) is 3.00. The van der Waals surface area contributed by atoms with Gasteiger partial charge >= 0.3 is 0 Å². The molecule has 1 aliphatic heterocycles. The van der Waals surface area contributed by atoms with E-state index in [1.165, 1.54) is 30.4 Å². The van der Waals surface area contributed by atoms with Crippen LogP contribution in [-0.2, 0) is 11.2 Å². The first-order valence-electron chi connectivity index (χ1n) is 8.29. The molecule has 0 bridgehead atoms. The Morgan fingerprint density at radius 1 is 1.33 bits per heavy atom. The zero-order valence-electron chi connectivity index (χ0n) is 13.6. The summed E-state index contributed by atoms with van der Waals surface area (Å²) in [5.74, 6) is 0.669. The molecule has 3 heteroatoms. The van der Waals surface area contributed by atoms with Crippen molar-refractivity contribution in [3.05, 3.63) is 35.4 Å². The number of likely N-dealkylation sites (N-methyl/N-ethyl adjacent to an activating group) is 1. The SMILES string of the molecule is CCCc1ccc(C(N)CN(C)CC2CCCOC2)cc1. The standard InChI is InChI=1S/C18H30N2O/c1-3-5-15-7-9-17(10-8-15)18(19)13-20(2)12-16-6-4-11-21-14-16/h7-10,16,18H,3-6,11-14,19H2,1-2H3. The smallest absolute Gasteiger partial charge is 0.0506 e. The molecule has 118 valence electrons. The van der Waals surface area contributed by atoms with E-state index in [9.17, 15) is 0 Å². The minimum atomic E-state index is 0.0928. The van der Waals surface area contributed by atoms with E-state index in [2.05, 4.69) is 43.1 Å². The summed E-state index contributed by atoms with van der Waals surface area (Å²) in [6.07, 6.45) is 4.82. The highest BCUT2D eigenvalue weighted by molar-refractivity contribution is 5.25. The minimum absolute atomic E-state index is 0.0928. The summed E-state index contributed by atoms with van der Waals surface area (Å²) < 4.78 is 5.55. The van der Waals surface area contributed by atoms with Gasteiger partial charge in [0.05, 0.1) is 6.61 Å². The van der Waals surface area contributed by atoms with Crippen LogP contribution >= 0.6 is 0 Å². The average Bonchev–Trinajstić information content (AvgIpc) is 2.49. The maximum absolute atomic E-state index is 6.35. The molecule has 1 saturated heterocycles. The highest BCUT2D eigenvalue weighted by Crippen LogP contribution is 2.17. The van der Waals surface area contributed by atoms with Gasteiger partial charge in [0, 0.05) is 25.7 Å². The van der Waals surface area contributed by atoms with Gasteiger partial charge in [-0.2, -0.15) is 0 Å². The summed E-state index contributed by atoms with van der Waals surface area (Å²) in [5, 5.41) is 0. The Morgan fingerprint density at radius 2 is 2.10 bits per heavy atom. The molecule has 1 aromatic carbocycles.